The van der Waals surface area contributed by atoms with E-state index in [0.717, 1.165) is 40.5 Å². The van der Waals surface area contributed by atoms with Gasteiger partial charge in [-0.1, -0.05) is 18.2 Å². The lowest BCUT2D eigenvalue weighted by Gasteiger charge is -1.99. The zero-order chi connectivity index (χ0) is 13.8. The predicted molar refractivity (Wildman–Crippen MR) is 80.9 cm³/mol. The van der Waals surface area contributed by atoms with Gasteiger partial charge in [0.25, 0.3) is 0 Å². The second-order valence-corrected chi connectivity index (χ2v) is 5.39. The number of thiazole rings is 1. The van der Waals surface area contributed by atoms with Crippen LogP contribution >= 0.6 is 11.3 Å². The molecule has 0 saturated heterocycles. The van der Waals surface area contributed by atoms with Crippen molar-refractivity contribution in [2.24, 2.45) is 0 Å². The predicted octanol–water partition coefficient (Wildman–Crippen LogP) is 3.29. The smallest absolute Gasteiger partial charge is 0.154 e. The number of fused-ring (bicyclic) bond motifs is 1. The molecule has 2 aromatic heterocycles. The quantitative estimate of drug-likeness (QED) is 0.707. The summed E-state index contributed by atoms with van der Waals surface area (Å²) >= 11 is 1.64. The fourth-order valence-electron chi connectivity index (χ4n) is 1.98. The molecule has 0 radical (unpaired) electrons. The number of aromatic nitrogens is 1. The number of methoxy groups -OCH3 is 1. The second kappa shape index (κ2) is 6.17. The highest BCUT2D eigenvalue weighted by Crippen LogP contribution is 2.28. The van der Waals surface area contributed by atoms with Crippen LogP contribution in [0.15, 0.2) is 40.1 Å². The molecular formula is C15H16N2O2S. The van der Waals surface area contributed by atoms with Crippen molar-refractivity contribution in [2.75, 3.05) is 20.3 Å². The zero-order valence-electron chi connectivity index (χ0n) is 11.3. The van der Waals surface area contributed by atoms with Gasteiger partial charge in [0.05, 0.1) is 6.61 Å². The van der Waals surface area contributed by atoms with Crippen LogP contribution in [0.25, 0.3) is 22.4 Å². The lowest BCUT2D eigenvalue weighted by Crippen LogP contribution is -2.18. The minimum absolute atomic E-state index is 0.710. The van der Waals surface area contributed by atoms with Gasteiger partial charge < -0.3 is 14.5 Å². The van der Waals surface area contributed by atoms with E-state index >= 15 is 0 Å². The molecule has 0 aliphatic rings. The summed E-state index contributed by atoms with van der Waals surface area (Å²) in [5.74, 6) is 0.825. The Morgan fingerprint density at radius 2 is 2.25 bits per heavy atom. The number of benzene rings is 1. The average Bonchev–Trinajstić information content (AvgIpc) is 3.09. The van der Waals surface area contributed by atoms with Gasteiger partial charge in [0.15, 0.2) is 5.76 Å². The van der Waals surface area contributed by atoms with Gasteiger partial charge in [-0.15, -0.1) is 11.3 Å². The summed E-state index contributed by atoms with van der Waals surface area (Å²) in [5.41, 5.74) is 1.80. The van der Waals surface area contributed by atoms with Gasteiger partial charge in [0.1, 0.15) is 16.3 Å². The molecule has 0 unspecified atom stereocenters. The Kier molecular flexibility index (Phi) is 4.11. The lowest BCUT2D eigenvalue weighted by molar-refractivity contribution is 0.199. The van der Waals surface area contributed by atoms with Crippen molar-refractivity contribution in [2.45, 2.75) is 6.54 Å². The van der Waals surface area contributed by atoms with Crippen LogP contribution in [-0.4, -0.2) is 25.2 Å². The van der Waals surface area contributed by atoms with Crippen LogP contribution in [0.1, 0.15) is 5.01 Å². The summed E-state index contributed by atoms with van der Waals surface area (Å²) in [6, 6.07) is 10.0. The summed E-state index contributed by atoms with van der Waals surface area (Å²) in [6.07, 6.45) is 0. The van der Waals surface area contributed by atoms with Crippen molar-refractivity contribution in [1.29, 1.82) is 0 Å². The van der Waals surface area contributed by atoms with Gasteiger partial charge in [0, 0.05) is 31.0 Å². The normalized spacial score (nSPS) is 11.2. The molecule has 20 heavy (non-hydrogen) atoms. The Morgan fingerprint density at radius 1 is 1.35 bits per heavy atom. The number of nitrogens with zero attached hydrogens (tertiary/aromatic N) is 1. The molecule has 1 N–H and O–H groups in total. The number of para-hydroxylation sites is 1. The van der Waals surface area contributed by atoms with Gasteiger partial charge in [-0.25, -0.2) is 4.98 Å². The Bertz CT molecular complexity index is 657. The second-order valence-electron chi connectivity index (χ2n) is 4.44. The summed E-state index contributed by atoms with van der Waals surface area (Å²) < 4.78 is 10.8. The molecule has 0 bridgehead atoms. The van der Waals surface area contributed by atoms with Crippen LogP contribution in [0, 0.1) is 0 Å². The Hall–Kier alpha value is -1.69. The molecule has 5 heteroatoms. The minimum Gasteiger partial charge on any atom is -0.454 e. The van der Waals surface area contributed by atoms with Crippen molar-refractivity contribution < 1.29 is 9.15 Å². The first-order valence-corrected chi connectivity index (χ1v) is 7.38. The highest BCUT2D eigenvalue weighted by atomic mass is 32.1. The first-order chi connectivity index (χ1) is 9.86. The van der Waals surface area contributed by atoms with Crippen LogP contribution in [0.3, 0.4) is 0 Å². The van der Waals surface area contributed by atoms with Crippen LogP contribution in [-0.2, 0) is 11.3 Å². The molecule has 0 saturated carbocycles. The summed E-state index contributed by atoms with van der Waals surface area (Å²) in [4.78, 5) is 4.59. The first-order valence-electron chi connectivity index (χ1n) is 6.50. The van der Waals surface area contributed by atoms with Crippen molar-refractivity contribution in [1.82, 2.24) is 10.3 Å². The van der Waals surface area contributed by atoms with E-state index < -0.39 is 0 Å². The van der Waals surface area contributed by atoms with Crippen LogP contribution in [0.2, 0.25) is 0 Å². The number of hydrogen-bond donors (Lipinski definition) is 1. The van der Waals surface area contributed by atoms with E-state index in [4.69, 9.17) is 9.15 Å². The summed E-state index contributed by atoms with van der Waals surface area (Å²) in [5, 5.41) is 7.48. The van der Waals surface area contributed by atoms with Gasteiger partial charge in [0.2, 0.25) is 0 Å². The minimum atomic E-state index is 0.710. The molecule has 4 nitrogen and oxygen atoms in total. The molecule has 0 fully saturated rings. The fraction of sp³-hybridized carbons (Fsp3) is 0.267. The molecular weight excluding hydrogens is 272 g/mol. The van der Waals surface area contributed by atoms with Gasteiger partial charge in [-0.2, -0.15) is 0 Å². The maximum absolute atomic E-state index is 5.81. The largest absolute Gasteiger partial charge is 0.454 e. The van der Waals surface area contributed by atoms with Crippen LogP contribution in [0.5, 0.6) is 0 Å². The van der Waals surface area contributed by atoms with E-state index in [2.05, 4.69) is 10.3 Å². The monoisotopic (exact) mass is 288 g/mol. The van der Waals surface area contributed by atoms with Gasteiger partial charge in [-0.05, 0) is 12.1 Å². The van der Waals surface area contributed by atoms with Crippen molar-refractivity contribution in [3.8, 4) is 11.5 Å². The Labute approximate surface area is 121 Å². The third-order valence-electron chi connectivity index (χ3n) is 2.99. The van der Waals surface area contributed by atoms with Crippen molar-refractivity contribution >= 4 is 22.3 Å². The molecule has 104 valence electrons. The molecule has 0 spiro atoms. The van der Waals surface area contributed by atoms with E-state index in [1.807, 2.05) is 35.7 Å². The van der Waals surface area contributed by atoms with Gasteiger partial charge in [-0.3, -0.25) is 0 Å². The van der Waals surface area contributed by atoms with Crippen molar-refractivity contribution in [3.63, 3.8) is 0 Å². The zero-order valence-corrected chi connectivity index (χ0v) is 12.1. The van der Waals surface area contributed by atoms with E-state index in [1.165, 1.54) is 0 Å². The average molecular weight is 288 g/mol. The molecule has 1 aromatic carbocycles. The topological polar surface area (TPSA) is 47.3 Å². The highest BCUT2D eigenvalue weighted by Gasteiger charge is 2.09. The SMILES string of the molecule is COCCNCc1nc(-c2cc3ccccc3o2)cs1. The standard InChI is InChI=1S/C15H16N2O2S/c1-18-7-6-16-9-15-17-12(10-20-15)14-8-11-4-2-3-5-13(11)19-14/h2-5,8,10,16H,6-7,9H2,1H3. The first kappa shape index (κ1) is 13.3. The van der Waals surface area contributed by atoms with Crippen molar-refractivity contribution in [3.05, 3.63) is 40.7 Å². The molecule has 0 amide bonds. The number of hydrogen-bond acceptors (Lipinski definition) is 5. The molecule has 0 atom stereocenters. The van der Waals surface area contributed by atoms with E-state index in [0.29, 0.717) is 6.61 Å². The van der Waals surface area contributed by atoms with Gasteiger partial charge >= 0.3 is 0 Å². The summed E-state index contributed by atoms with van der Waals surface area (Å²) in [6.45, 7) is 2.30. The number of rotatable bonds is 6. The fourth-order valence-corrected chi connectivity index (χ4v) is 2.74. The third-order valence-corrected chi connectivity index (χ3v) is 3.84. The van der Waals surface area contributed by atoms with Crippen LogP contribution < -0.4 is 5.32 Å². The number of nitrogens with one attached hydrogen (secondary N) is 1. The Balaban J connectivity index is 1.72. The molecule has 2 heterocycles. The lowest BCUT2D eigenvalue weighted by atomic mass is 10.2. The molecule has 3 rings (SSSR count). The molecule has 0 aliphatic carbocycles. The molecule has 0 aliphatic heterocycles. The van der Waals surface area contributed by atoms with E-state index in [-0.39, 0.29) is 0 Å². The Morgan fingerprint density at radius 3 is 3.10 bits per heavy atom. The number of furan rings is 1. The van der Waals surface area contributed by atoms with E-state index in [1.54, 1.807) is 18.4 Å². The molecule has 3 aromatic rings. The van der Waals surface area contributed by atoms with E-state index in [9.17, 15) is 0 Å². The number of ether oxygens (including phenoxy) is 1. The maximum atomic E-state index is 5.81. The van der Waals surface area contributed by atoms with Crippen LogP contribution in [0.4, 0.5) is 0 Å². The third kappa shape index (κ3) is 2.90. The maximum Gasteiger partial charge on any atom is 0.154 e. The highest BCUT2D eigenvalue weighted by molar-refractivity contribution is 7.09. The summed E-state index contributed by atoms with van der Waals surface area (Å²) in [7, 11) is 1.70.